The molecule has 2 aromatic carbocycles. The first kappa shape index (κ1) is 25.4. The first-order chi connectivity index (χ1) is 18.3. The molecule has 8 nitrogen and oxygen atoms in total. The summed E-state index contributed by atoms with van der Waals surface area (Å²) in [5, 5.41) is 7.13. The standard InChI is InChI=1S/C30H33N5O3/c1-18-27(36)23-11-8-12-24(29(23)38-28(18)20-9-6-5-7-10-20)30(37)34-22-15-13-21(14-16-22)33-25-17-26(35(3)4)32-19(2)31-25/h5-12,17,21-22H,13-16H2,1-4H3,(H,34,37)(H,31,32,33). The quantitative estimate of drug-likeness (QED) is 0.372. The maximum absolute atomic E-state index is 13.4. The Labute approximate surface area is 222 Å². The topological polar surface area (TPSA) is 100 Å². The van der Waals surface area contributed by atoms with Crippen LogP contribution in [0, 0.1) is 13.8 Å². The molecule has 1 aliphatic rings. The fraction of sp³-hybridized carbons (Fsp3) is 0.333. The molecule has 0 aliphatic heterocycles. The van der Waals surface area contributed by atoms with Gasteiger partial charge >= 0.3 is 0 Å². The SMILES string of the molecule is Cc1nc(NC2CCC(NC(=O)c3cccc4c(=O)c(C)c(-c5ccccc5)oc34)CC2)cc(N(C)C)n1. The molecule has 2 heterocycles. The average Bonchev–Trinajstić information content (AvgIpc) is 2.91. The van der Waals surface area contributed by atoms with Gasteiger partial charge in [-0.05, 0) is 51.7 Å². The molecule has 1 aliphatic carbocycles. The van der Waals surface area contributed by atoms with Gasteiger partial charge in [0.25, 0.3) is 5.91 Å². The molecule has 1 fully saturated rings. The van der Waals surface area contributed by atoms with Gasteiger partial charge < -0.3 is 20.0 Å². The lowest BCUT2D eigenvalue weighted by molar-refractivity contribution is 0.0927. The van der Waals surface area contributed by atoms with Crippen molar-refractivity contribution in [1.29, 1.82) is 0 Å². The van der Waals surface area contributed by atoms with Gasteiger partial charge in [-0.2, -0.15) is 0 Å². The predicted molar refractivity (Wildman–Crippen MR) is 151 cm³/mol. The number of hydrogen-bond acceptors (Lipinski definition) is 7. The van der Waals surface area contributed by atoms with Crippen LogP contribution in [0.4, 0.5) is 11.6 Å². The van der Waals surface area contributed by atoms with Crippen LogP contribution < -0.4 is 21.0 Å². The van der Waals surface area contributed by atoms with E-state index in [0.29, 0.717) is 27.9 Å². The smallest absolute Gasteiger partial charge is 0.255 e. The Kier molecular flexibility index (Phi) is 7.13. The second-order valence-electron chi connectivity index (χ2n) is 10.2. The highest BCUT2D eigenvalue weighted by Gasteiger charge is 2.25. The molecular formula is C30H33N5O3. The third-order valence-corrected chi connectivity index (χ3v) is 7.12. The third kappa shape index (κ3) is 5.25. The van der Waals surface area contributed by atoms with Crippen LogP contribution in [-0.2, 0) is 0 Å². The molecule has 0 saturated heterocycles. The van der Waals surface area contributed by atoms with Gasteiger partial charge in [0.15, 0.2) is 11.0 Å². The number of benzene rings is 2. The summed E-state index contributed by atoms with van der Waals surface area (Å²) in [4.78, 5) is 37.5. The second-order valence-corrected chi connectivity index (χ2v) is 10.2. The van der Waals surface area contributed by atoms with Crippen molar-refractivity contribution >= 4 is 28.5 Å². The monoisotopic (exact) mass is 511 g/mol. The number of aromatic nitrogens is 2. The minimum absolute atomic E-state index is 0.0473. The maximum Gasteiger partial charge on any atom is 0.255 e. The number of carbonyl (C=O) groups is 1. The largest absolute Gasteiger partial charge is 0.455 e. The Hall–Kier alpha value is -4.20. The van der Waals surface area contributed by atoms with Gasteiger partial charge in [0, 0.05) is 43.4 Å². The van der Waals surface area contributed by atoms with E-state index in [0.717, 1.165) is 48.7 Å². The summed E-state index contributed by atoms with van der Waals surface area (Å²) >= 11 is 0. The Morgan fingerprint density at radius 2 is 1.66 bits per heavy atom. The van der Waals surface area contributed by atoms with Crippen molar-refractivity contribution in [3.63, 3.8) is 0 Å². The highest BCUT2D eigenvalue weighted by Crippen LogP contribution is 2.28. The molecule has 5 rings (SSSR count). The minimum Gasteiger partial charge on any atom is -0.455 e. The Morgan fingerprint density at radius 1 is 0.947 bits per heavy atom. The normalized spacial score (nSPS) is 17.3. The zero-order chi connectivity index (χ0) is 26.8. The van der Waals surface area contributed by atoms with Gasteiger partial charge in [-0.25, -0.2) is 9.97 Å². The van der Waals surface area contributed by atoms with Crippen LogP contribution in [0.5, 0.6) is 0 Å². The molecule has 38 heavy (non-hydrogen) atoms. The predicted octanol–water partition coefficient (Wildman–Crippen LogP) is 5.09. The number of rotatable bonds is 6. The number of anilines is 2. The summed E-state index contributed by atoms with van der Waals surface area (Å²) in [6.07, 6.45) is 3.51. The van der Waals surface area contributed by atoms with Crippen molar-refractivity contribution in [1.82, 2.24) is 15.3 Å². The molecule has 2 aromatic heterocycles. The number of fused-ring (bicyclic) bond motifs is 1. The molecule has 1 amide bonds. The van der Waals surface area contributed by atoms with Crippen molar-refractivity contribution in [2.75, 3.05) is 24.3 Å². The van der Waals surface area contributed by atoms with Gasteiger partial charge in [-0.1, -0.05) is 36.4 Å². The third-order valence-electron chi connectivity index (χ3n) is 7.12. The maximum atomic E-state index is 13.4. The van der Waals surface area contributed by atoms with E-state index in [4.69, 9.17) is 4.42 Å². The highest BCUT2D eigenvalue weighted by molar-refractivity contribution is 6.05. The van der Waals surface area contributed by atoms with Crippen LogP contribution in [0.15, 0.2) is 63.8 Å². The summed E-state index contributed by atoms with van der Waals surface area (Å²) in [6, 6.07) is 17.0. The fourth-order valence-corrected chi connectivity index (χ4v) is 5.06. The summed E-state index contributed by atoms with van der Waals surface area (Å²) in [5.74, 6) is 2.69. The molecule has 196 valence electrons. The molecule has 4 aromatic rings. The van der Waals surface area contributed by atoms with Crippen molar-refractivity contribution in [2.45, 2.75) is 51.6 Å². The van der Waals surface area contributed by atoms with E-state index in [1.807, 2.05) is 62.3 Å². The zero-order valence-electron chi connectivity index (χ0n) is 22.2. The van der Waals surface area contributed by atoms with Crippen LogP contribution in [-0.4, -0.2) is 42.1 Å². The number of amides is 1. The molecule has 2 N–H and O–H groups in total. The van der Waals surface area contributed by atoms with Crippen molar-refractivity contribution in [3.8, 4) is 11.3 Å². The van der Waals surface area contributed by atoms with Gasteiger partial charge in [0.1, 0.15) is 23.2 Å². The van der Waals surface area contributed by atoms with Crippen molar-refractivity contribution in [3.05, 3.63) is 81.8 Å². The lowest BCUT2D eigenvalue weighted by atomic mass is 9.91. The molecule has 1 saturated carbocycles. The second kappa shape index (κ2) is 10.7. The fourth-order valence-electron chi connectivity index (χ4n) is 5.06. The number of nitrogens with one attached hydrogen (secondary N) is 2. The minimum atomic E-state index is -0.222. The van der Waals surface area contributed by atoms with Crippen molar-refractivity contribution < 1.29 is 9.21 Å². The van der Waals surface area contributed by atoms with E-state index in [2.05, 4.69) is 20.6 Å². The molecule has 0 bridgehead atoms. The van der Waals surface area contributed by atoms with E-state index in [1.54, 1.807) is 25.1 Å². The van der Waals surface area contributed by atoms with Crippen LogP contribution >= 0.6 is 0 Å². The first-order valence-corrected chi connectivity index (χ1v) is 13.0. The van der Waals surface area contributed by atoms with E-state index in [1.165, 1.54) is 0 Å². The lowest BCUT2D eigenvalue weighted by Crippen LogP contribution is -2.40. The van der Waals surface area contributed by atoms with E-state index < -0.39 is 0 Å². The summed E-state index contributed by atoms with van der Waals surface area (Å²) in [6.45, 7) is 3.65. The molecule has 0 spiro atoms. The molecular weight excluding hydrogens is 478 g/mol. The highest BCUT2D eigenvalue weighted by atomic mass is 16.3. The Morgan fingerprint density at radius 3 is 2.37 bits per heavy atom. The number of aryl methyl sites for hydroxylation is 1. The Bertz CT molecular complexity index is 1520. The summed E-state index contributed by atoms with van der Waals surface area (Å²) in [5.41, 5.74) is 1.92. The summed E-state index contributed by atoms with van der Waals surface area (Å²) < 4.78 is 6.23. The zero-order valence-corrected chi connectivity index (χ0v) is 22.2. The molecule has 0 atom stereocenters. The number of nitrogens with zero attached hydrogens (tertiary/aromatic N) is 3. The van der Waals surface area contributed by atoms with E-state index in [-0.39, 0.29) is 23.4 Å². The number of carbonyl (C=O) groups excluding carboxylic acids is 1. The Balaban J connectivity index is 1.30. The molecule has 0 unspecified atom stereocenters. The first-order valence-electron chi connectivity index (χ1n) is 13.0. The van der Waals surface area contributed by atoms with Gasteiger partial charge in [0.05, 0.1) is 10.9 Å². The van der Waals surface area contributed by atoms with Crippen LogP contribution in [0.1, 0.15) is 47.4 Å². The van der Waals surface area contributed by atoms with Crippen LogP contribution in [0.3, 0.4) is 0 Å². The number of hydrogen-bond donors (Lipinski definition) is 2. The van der Waals surface area contributed by atoms with Gasteiger partial charge in [-0.3, -0.25) is 9.59 Å². The van der Waals surface area contributed by atoms with E-state index >= 15 is 0 Å². The number of para-hydroxylation sites is 1. The average molecular weight is 512 g/mol. The molecule has 0 radical (unpaired) electrons. The summed E-state index contributed by atoms with van der Waals surface area (Å²) in [7, 11) is 3.92. The van der Waals surface area contributed by atoms with Gasteiger partial charge in [0.2, 0.25) is 0 Å². The van der Waals surface area contributed by atoms with E-state index in [9.17, 15) is 9.59 Å². The van der Waals surface area contributed by atoms with Crippen LogP contribution in [0.25, 0.3) is 22.3 Å². The van der Waals surface area contributed by atoms with Crippen molar-refractivity contribution in [2.24, 2.45) is 0 Å². The lowest BCUT2D eigenvalue weighted by Gasteiger charge is -2.30. The van der Waals surface area contributed by atoms with Crippen LogP contribution in [0.2, 0.25) is 0 Å². The molecule has 8 heteroatoms. The van der Waals surface area contributed by atoms with Gasteiger partial charge in [-0.15, -0.1) is 0 Å².